The molecule has 1 aromatic rings. The summed E-state index contributed by atoms with van der Waals surface area (Å²) in [6, 6.07) is 3.94. The average molecular weight is 224 g/mol. The zero-order valence-corrected chi connectivity index (χ0v) is 10.8. The van der Waals surface area contributed by atoms with Crippen LogP contribution in [0.5, 0.6) is 0 Å². The maximum Gasteiger partial charge on any atom is 1.00 e. The summed E-state index contributed by atoms with van der Waals surface area (Å²) in [5, 5.41) is 2.58. The SMILES string of the molecule is CNc1cc(N)ccc1S(=O)(=O)[O-].[Na+]. The first-order valence-electron chi connectivity index (χ1n) is 3.48. The van der Waals surface area contributed by atoms with Crippen molar-refractivity contribution in [2.45, 2.75) is 4.90 Å². The Labute approximate surface area is 105 Å². The molecular formula is C7H9N2NaO3S. The zero-order valence-electron chi connectivity index (χ0n) is 7.94. The molecule has 0 fully saturated rings. The first kappa shape index (κ1) is 13.7. The molecule has 0 amide bonds. The quantitative estimate of drug-likeness (QED) is 0.322. The Morgan fingerprint density at radius 1 is 1.43 bits per heavy atom. The van der Waals surface area contributed by atoms with Crippen molar-refractivity contribution in [3.8, 4) is 0 Å². The second-order valence-electron chi connectivity index (χ2n) is 2.46. The van der Waals surface area contributed by atoms with Gasteiger partial charge in [0.2, 0.25) is 0 Å². The van der Waals surface area contributed by atoms with E-state index in [1.54, 1.807) is 0 Å². The van der Waals surface area contributed by atoms with Gasteiger partial charge in [0.1, 0.15) is 10.1 Å². The van der Waals surface area contributed by atoms with Crippen LogP contribution in [-0.4, -0.2) is 20.0 Å². The molecule has 0 spiro atoms. The van der Waals surface area contributed by atoms with Crippen LogP contribution in [0.4, 0.5) is 11.4 Å². The van der Waals surface area contributed by atoms with Crippen LogP contribution in [0.1, 0.15) is 0 Å². The Morgan fingerprint density at radius 3 is 2.43 bits per heavy atom. The van der Waals surface area contributed by atoms with E-state index in [4.69, 9.17) is 5.73 Å². The topological polar surface area (TPSA) is 95.2 Å². The van der Waals surface area contributed by atoms with Crippen molar-refractivity contribution in [1.82, 2.24) is 0 Å². The molecule has 72 valence electrons. The smallest absolute Gasteiger partial charge is 0.744 e. The number of nitrogens with one attached hydrogen (secondary N) is 1. The number of nitrogens with two attached hydrogens (primary N) is 1. The van der Waals surface area contributed by atoms with Crippen LogP contribution in [-0.2, 0) is 10.1 Å². The van der Waals surface area contributed by atoms with Crippen molar-refractivity contribution >= 4 is 21.5 Å². The Balaban J connectivity index is 0.00000169. The van der Waals surface area contributed by atoms with Gasteiger partial charge >= 0.3 is 29.6 Å². The van der Waals surface area contributed by atoms with Gasteiger partial charge in [0, 0.05) is 12.7 Å². The summed E-state index contributed by atoms with van der Waals surface area (Å²) in [5.74, 6) is 0. The van der Waals surface area contributed by atoms with E-state index in [1.807, 2.05) is 0 Å². The van der Waals surface area contributed by atoms with E-state index in [2.05, 4.69) is 5.32 Å². The third-order valence-electron chi connectivity index (χ3n) is 1.54. The Kier molecular flexibility index (Phi) is 4.90. The second-order valence-corrected chi connectivity index (χ2v) is 3.81. The van der Waals surface area contributed by atoms with Gasteiger partial charge in [-0.2, -0.15) is 0 Å². The predicted octanol–water partition coefficient (Wildman–Crippen LogP) is -2.78. The summed E-state index contributed by atoms with van der Waals surface area (Å²) in [7, 11) is -2.91. The molecule has 0 saturated heterocycles. The van der Waals surface area contributed by atoms with Crippen molar-refractivity contribution in [2.75, 3.05) is 18.1 Å². The molecule has 7 heteroatoms. The first-order valence-corrected chi connectivity index (χ1v) is 4.89. The van der Waals surface area contributed by atoms with E-state index < -0.39 is 10.1 Å². The number of hydrogen-bond donors (Lipinski definition) is 2. The van der Waals surface area contributed by atoms with Gasteiger partial charge in [-0.3, -0.25) is 0 Å². The number of rotatable bonds is 2. The van der Waals surface area contributed by atoms with E-state index in [1.165, 1.54) is 25.2 Å². The summed E-state index contributed by atoms with van der Waals surface area (Å²) in [4.78, 5) is -0.288. The van der Waals surface area contributed by atoms with Gasteiger partial charge in [-0.15, -0.1) is 0 Å². The summed E-state index contributed by atoms with van der Waals surface area (Å²) in [6.45, 7) is 0. The predicted molar refractivity (Wildman–Crippen MR) is 48.4 cm³/mol. The molecule has 0 aliphatic heterocycles. The fourth-order valence-electron chi connectivity index (χ4n) is 0.961. The van der Waals surface area contributed by atoms with Gasteiger partial charge in [0.05, 0.1) is 10.6 Å². The van der Waals surface area contributed by atoms with Gasteiger partial charge in [0.25, 0.3) is 0 Å². The normalized spacial score (nSPS) is 10.4. The molecule has 14 heavy (non-hydrogen) atoms. The van der Waals surface area contributed by atoms with Crippen LogP contribution in [0, 0.1) is 0 Å². The molecule has 0 radical (unpaired) electrons. The third kappa shape index (κ3) is 3.14. The average Bonchev–Trinajstić information content (AvgIpc) is 2.01. The van der Waals surface area contributed by atoms with Gasteiger partial charge in [-0.1, -0.05) is 0 Å². The fraction of sp³-hybridized carbons (Fsp3) is 0.143. The maximum absolute atomic E-state index is 10.7. The first-order chi connectivity index (χ1) is 5.95. The molecule has 0 heterocycles. The van der Waals surface area contributed by atoms with E-state index in [0.717, 1.165) is 0 Å². The Morgan fingerprint density at radius 2 is 2.00 bits per heavy atom. The van der Waals surface area contributed by atoms with Crippen molar-refractivity contribution in [3.63, 3.8) is 0 Å². The molecule has 3 N–H and O–H groups in total. The minimum Gasteiger partial charge on any atom is -0.744 e. The number of anilines is 2. The molecular weight excluding hydrogens is 215 g/mol. The number of hydrogen-bond acceptors (Lipinski definition) is 5. The molecule has 0 unspecified atom stereocenters. The summed E-state index contributed by atoms with van der Waals surface area (Å²) in [6.07, 6.45) is 0. The van der Waals surface area contributed by atoms with Crippen molar-refractivity contribution < 1.29 is 42.5 Å². The number of nitrogen functional groups attached to an aromatic ring is 1. The molecule has 1 aromatic carbocycles. The molecule has 0 aliphatic carbocycles. The van der Waals surface area contributed by atoms with E-state index in [0.29, 0.717) is 5.69 Å². The Bertz CT molecular complexity index is 419. The number of benzene rings is 1. The third-order valence-corrected chi connectivity index (χ3v) is 2.44. The van der Waals surface area contributed by atoms with Crippen LogP contribution in [0.25, 0.3) is 0 Å². The van der Waals surface area contributed by atoms with Crippen molar-refractivity contribution in [3.05, 3.63) is 18.2 Å². The molecule has 0 aromatic heterocycles. The summed E-state index contributed by atoms with van der Waals surface area (Å²) in [5.41, 5.74) is 6.03. The summed E-state index contributed by atoms with van der Waals surface area (Å²) >= 11 is 0. The molecule has 0 saturated carbocycles. The van der Waals surface area contributed by atoms with Crippen molar-refractivity contribution in [1.29, 1.82) is 0 Å². The van der Waals surface area contributed by atoms with Gasteiger partial charge < -0.3 is 15.6 Å². The molecule has 1 rings (SSSR count). The van der Waals surface area contributed by atoms with E-state index >= 15 is 0 Å². The van der Waals surface area contributed by atoms with Crippen LogP contribution in [0.3, 0.4) is 0 Å². The second kappa shape index (κ2) is 4.99. The van der Waals surface area contributed by atoms with Gasteiger partial charge in [0.15, 0.2) is 0 Å². The largest absolute Gasteiger partial charge is 1.00 e. The van der Waals surface area contributed by atoms with Crippen LogP contribution < -0.4 is 40.6 Å². The van der Waals surface area contributed by atoms with Gasteiger partial charge in [-0.05, 0) is 18.2 Å². The standard InChI is InChI=1S/C7H10N2O3S.Na/c1-9-6-4-5(8)2-3-7(6)13(10,11)12;/h2-4,9H,8H2,1H3,(H,10,11,12);/q;+1/p-1. The van der Waals surface area contributed by atoms with Crippen molar-refractivity contribution in [2.24, 2.45) is 0 Å². The van der Waals surface area contributed by atoms with Crippen LogP contribution in [0.15, 0.2) is 23.1 Å². The molecule has 5 nitrogen and oxygen atoms in total. The Hall–Kier alpha value is -0.270. The summed E-state index contributed by atoms with van der Waals surface area (Å²) < 4.78 is 32.1. The fourth-order valence-corrected chi connectivity index (χ4v) is 1.63. The van der Waals surface area contributed by atoms with E-state index in [9.17, 15) is 13.0 Å². The zero-order chi connectivity index (χ0) is 10.1. The minimum atomic E-state index is -4.43. The van der Waals surface area contributed by atoms with Crippen LogP contribution >= 0.6 is 0 Å². The maximum atomic E-state index is 10.7. The van der Waals surface area contributed by atoms with Crippen LogP contribution in [0.2, 0.25) is 0 Å². The van der Waals surface area contributed by atoms with E-state index in [-0.39, 0.29) is 40.1 Å². The van der Waals surface area contributed by atoms with Gasteiger partial charge in [-0.25, -0.2) is 8.42 Å². The minimum absolute atomic E-state index is 0. The monoisotopic (exact) mass is 224 g/mol. The molecule has 0 bridgehead atoms. The molecule has 0 atom stereocenters. The molecule has 0 aliphatic rings.